The number of hydrogen-bond acceptors (Lipinski definition) is 4. The van der Waals surface area contributed by atoms with Crippen molar-refractivity contribution < 1.29 is 4.79 Å². The fraction of sp³-hybridized carbons (Fsp3) is 0.500. The SMILES string of the molecule is Cc1c(C(=O)N(C)C(C)c2ccccc2Cl)nnn1C1CCNCC1. The molecule has 0 radical (unpaired) electrons. The third-order valence-corrected chi connectivity index (χ3v) is 5.39. The van der Waals surface area contributed by atoms with Crippen molar-refractivity contribution in [2.45, 2.75) is 38.8 Å². The molecule has 6 nitrogen and oxygen atoms in total. The summed E-state index contributed by atoms with van der Waals surface area (Å²) in [7, 11) is 1.78. The van der Waals surface area contributed by atoms with Crippen LogP contribution in [0.3, 0.4) is 0 Å². The highest BCUT2D eigenvalue weighted by molar-refractivity contribution is 6.31. The first-order valence-corrected chi connectivity index (χ1v) is 9.02. The summed E-state index contributed by atoms with van der Waals surface area (Å²) in [5, 5.41) is 12.4. The van der Waals surface area contributed by atoms with E-state index in [1.54, 1.807) is 11.9 Å². The van der Waals surface area contributed by atoms with E-state index in [0.29, 0.717) is 16.8 Å². The number of nitrogens with one attached hydrogen (secondary N) is 1. The maximum Gasteiger partial charge on any atom is 0.276 e. The fourth-order valence-corrected chi connectivity index (χ4v) is 3.60. The Labute approximate surface area is 153 Å². The molecule has 7 heteroatoms. The van der Waals surface area contributed by atoms with Gasteiger partial charge in [0.15, 0.2) is 5.69 Å². The van der Waals surface area contributed by atoms with Gasteiger partial charge in [0.05, 0.1) is 17.8 Å². The van der Waals surface area contributed by atoms with Crippen molar-refractivity contribution in [1.82, 2.24) is 25.2 Å². The molecule has 1 N–H and O–H groups in total. The van der Waals surface area contributed by atoms with Gasteiger partial charge in [0.25, 0.3) is 5.91 Å². The van der Waals surface area contributed by atoms with Crippen LogP contribution in [0.2, 0.25) is 5.02 Å². The molecule has 1 aromatic heterocycles. The quantitative estimate of drug-likeness (QED) is 0.909. The number of carbonyl (C=O) groups is 1. The molecule has 1 aliphatic heterocycles. The van der Waals surface area contributed by atoms with Crippen LogP contribution in [0.15, 0.2) is 24.3 Å². The van der Waals surface area contributed by atoms with E-state index in [1.165, 1.54) is 0 Å². The Balaban J connectivity index is 1.81. The Hall–Kier alpha value is -1.92. The smallest absolute Gasteiger partial charge is 0.276 e. The molecule has 25 heavy (non-hydrogen) atoms. The lowest BCUT2D eigenvalue weighted by Crippen LogP contribution is -2.31. The van der Waals surface area contributed by atoms with Gasteiger partial charge in [0.1, 0.15) is 0 Å². The number of carbonyl (C=O) groups excluding carboxylic acids is 1. The molecule has 0 bridgehead atoms. The highest BCUT2D eigenvalue weighted by Crippen LogP contribution is 2.28. The van der Waals surface area contributed by atoms with Crippen LogP contribution in [0.1, 0.15) is 53.6 Å². The van der Waals surface area contributed by atoms with Crippen LogP contribution >= 0.6 is 11.6 Å². The second-order valence-electron chi connectivity index (χ2n) is 6.56. The summed E-state index contributed by atoms with van der Waals surface area (Å²) in [5.74, 6) is -0.134. The third kappa shape index (κ3) is 3.55. The normalized spacial score (nSPS) is 16.6. The summed E-state index contributed by atoms with van der Waals surface area (Å²) in [6, 6.07) is 7.75. The average Bonchev–Trinajstić information content (AvgIpc) is 3.02. The lowest BCUT2D eigenvalue weighted by atomic mass is 10.1. The van der Waals surface area contributed by atoms with Gasteiger partial charge < -0.3 is 10.2 Å². The maximum absolute atomic E-state index is 12.9. The van der Waals surface area contributed by atoms with Gasteiger partial charge in [-0.3, -0.25) is 4.79 Å². The van der Waals surface area contributed by atoms with Gasteiger partial charge in [0, 0.05) is 12.1 Å². The molecule has 3 rings (SSSR count). The standard InChI is InChI=1S/C18H24ClN5O/c1-12(15-6-4-5-7-16(15)19)23(3)18(25)17-13(2)24(22-21-17)14-8-10-20-11-9-14/h4-7,12,14,20H,8-11H2,1-3H3. The van der Waals surface area contributed by atoms with E-state index in [9.17, 15) is 4.79 Å². The molecular weight excluding hydrogens is 338 g/mol. The zero-order valence-electron chi connectivity index (χ0n) is 14.9. The Kier molecular flexibility index (Phi) is 5.39. The Bertz CT molecular complexity index is 754. The van der Waals surface area contributed by atoms with Crippen LogP contribution in [0.25, 0.3) is 0 Å². The van der Waals surface area contributed by atoms with Gasteiger partial charge in [0.2, 0.25) is 0 Å². The summed E-state index contributed by atoms with van der Waals surface area (Å²) in [6.45, 7) is 5.82. The summed E-state index contributed by atoms with van der Waals surface area (Å²) >= 11 is 6.27. The third-order valence-electron chi connectivity index (χ3n) is 5.04. The van der Waals surface area contributed by atoms with Crippen LogP contribution in [0, 0.1) is 6.92 Å². The monoisotopic (exact) mass is 361 g/mol. The minimum absolute atomic E-state index is 0.134. The summed E-state index contributed by atoms with van der Waals surface area (Å²) < 4.78 is 1.90. The van der Waals surface area contributed by atoms with E-state index in [0.717, 1.165) is 37.2 Å². The number of aromatic nitrogens is 3. The number of piperidine rings is 1. The number of nitrogens with zero attached hydrogens (tertiary/aromatic N) is 4. The maximum atomic E-state index is 12.9. The van der Waals surface area contributed by atoms with Crippen molar-refractivity contribution in [2.24, 2.45) is 0 Å². The molecule has 1 aromatic carbocycles. The van der Waals surface area contributed by atoms with Gasteiger partial charge in [-0.25, -0.2) is 4.68 Å². The van der Waals surface area contributed by atoms with Crippen LogP contribution in [0.4, 0.5) is 0 Å². The molecular formula is C18H24ClN5O. The molecule has 1 aliphatic rings. The number of amides is 1. The molecule has 2 heterocycles. The van der Waals surface area contributed by atoms with Crippen molar-refractivity contribution in [3.63, 3.8) is 0 Å². The number of rotatable bonds is 4. The second-order valence-corrected chi connectivity index (χ2v) is 6.97. The van der Waals surface area contributed by atoms with Gasteiger partial charge in [-0.2, -0.15) is 0 Å². The first kappa shape index (κ1) is 17.9. The van der Waals surface area contributed by atoms with Gasteiger partial charge in [-0.1, -0.05) is 35.0 Å². The molecule has 1 amide bonds. The number of hydrogen-bond donors (Lipinski definition) is 1. The van der Waals surface area contributed by atoms with Gasteiger partial charge in [-0.05, 0) is 51.4 Å². The van der Waals surface area contributed by atoms with Crippen LogP contribution < -0.4 is 5.32 Å². The summed E-state index contributed by atoms with van der Waals surface area (Å²) in [4.78, 5) is 14.6. The number of benzene rings is 1. The Morgan fingerprint density at radius 1 is 1.36 bits per heavy atom. The zero-order valence-corrected chi connectivity index (χ0v) is 15.6. The topological polar surface area (TPSA) is 63.1 Å². The van der Waals surface area contributed by atoms with Crippen molar-refractivity contribution in [1.29, 1.82) is 0 Å². The Morgan fingerprint density at radius 2 is 2.04 bits per heavy atom. The summed E-state index contributed by atoms with van der Waals surface area (Å²) in [6.07, 6.45) is 2.01. The van der Waals surface area contributed by atoms with E-state index in [2.05, 4.69) is 15.6 Å². The molecule has 1 unspecified atom stereocenters. The van der Waals surface area contributed by atoms with Crippen molar-refractivity contribution >= 4 is 17.5 Å². The predicted molar refractivity (Wildman–Crippen MR) is 97.9 cm³/mol. The molecule has 0 spiro atoms. The Morgan fingerprint density at radius 3 is 2.72 bits per heavy atom. The van der Waals surface area contributed by atoms with Crippen molar-refractivity contribution in [2.75, 3.05) is 20.1 Å². The van der Waals surface area contributed by atoms with Crippen LogP contribution in [-0.4, -0.2) is 45.9 Å². The second kappa shape index (κ2) is 7.54. The molecule has 1 fully saturated rings. The average molecular weight is 362 g/mol. The van der Waals surface area contributed by atoms with Crippen LogP contribution in [0.5, 0.6) is 0 Å². The molecule has 1 saturated heterocycles. The van der Waals surface area contributed by atoms with E-state index >= 15 is 0 Å². The lowest BCUT2D eigenvalue weighted by Gasteiger charge is -2.26. The first-order chi connectivity index (χ1) is 12.0. The van der Waals surface area contributed by atoms with E-state index in [1.807, 2.05) is 42.8 Å². The van der Waals surface area contributed by atoms with Gasteiger partial charge >= 0.3 is 0 Å². The molecule has 0 saturated carbocycles. The van der Waals surface area contributed by atoms with E-state index in [4.69, 9.17) is 11.6 Å². The lowest BCUT2D eigenvalue weighted by molar-refractivity contribution is 0.0736. The van der Waals surface area contributed by atoms with E-state index < -0.39 is 0 Å². The highest BCUT2D eigenvalue weighted by Gasteiger charge is 2.27. The fourth-order valence-electron chi connectivity index (χ4n) is 3.30. The summed E-state index contributed by atoms with van der Waals surface area (Å²) in [5.41, 5.74) is 2.17. The molecule has 134 valence electrons. The number of halogens is 1. The van der Waals surface area contributed by atoms with Crippen molar-refractivity contribution in [3.8, 4) is 0 Å². The molecule has 2 aromatic rings. The van der Waals surface area contributed by atoms with Crippen molar-refractivity contribution in [3.05, 3.63) is 46.2 Å². The minimum atomic E-state index is -0.148. The van der Waals surface area contributed by atoms with E-state index in [-0.39, 0.29) is 11.9 Å². The van der Waals surface area contributed by atoms with Crippen LogP contribution in [-0.2, 0) is 0 Å². The predicted octanol–water partition coefficient (Wildman–Crippen LogP) is 3.00. The minimum Gasteiger partial charge on any atom is -0.333 e. The van der Waals surface area contributed by atoms with Gasteiger partial charge in [-0.15, -0.1) is 5.10 Å². The molecule has 0 aliphatic carbocycles. The molecule has 1 atom stereocenters. The largest absolute Gasteiger partial charge is 0.333 e. The highest BCUT2D eigenvalue weighted by atomic mass is 35.5. The first-order valence-electron chi connectivity index (χ1n) is 8.64. The zero-order chi connectivity index (χ0) is 18.0.